The van der Waals surface area contributed by atoms with E-state index in [0.29, 0.717) is 5.92 Å². The summed E-state index contributed by atoms with van der Waals surface area (Å²) in [5, 5.41) is 36.2. The van der Waals surface area contributed by atoms with Gasteiger partial charge in [-0.3, -0.25) is 4.79 Å². The monoisotopic (exact) mass is 424 g/mol. The van der Waals surface area contributed by atoms with Crippen LogP contribution in [-0.2, 0) is 9.53 Å². The van der Waals surface area contributed by atoms with Crippen molar-refractivity contribution in [3.63, 3.8) is 0 Å². The highest BCUT2D eigenvalue weighted by molar-refractivity contribution is 7.99. The van der Waals surface area contributed by atoms with Crippen molar-refractivity contribution in [1.29, 1.82) is 0 Å². The molecule has 0 aromatic rings. The van der Waals surface area contributed by atoms with Gasteiger partial charge in [-0.05, 0) is 38.5 Å². The fourth-order valence-electron chi connectivity index (χ4n) is 3.95. The summed E-state index contributed by atoms with van der Waals surface area (Å²) in [6.45, 7) is 4.65. The van der Waals surface area contributed by atoms with Crippen LogP contribution in [0.25, 0.3) is 0 Å². The summed E-state index contributed by atoms with van der Waals surface area (Å²) in [5.74, 6) is 0.346. The van der Waals surface area contributed by atoms with E-state index in [-0.39, 0.29) is 11.9 Å². The summed E-state index contributed by atoms with van der Waals surface area (Å²) in [7, 11) is 0. The second-order valence-electron chi connectivity index (χ2n) is 7.57. The molecule has 5 N–H and O–H groups in total. The normalized spacial score (nSPS) is 39.6. The number of aliphatic hydroxyl groups excluding tert-OH is 3. The lowest BCUT2D eigenvalue weighted by molar-refractivity contribution is -0.205. The van der Waals surface area contributed by atoms with E-state index in [2.05, 4.69) is 17.6 Å². The van der Waals surface area contributed by atoms with Crippen LogP contribution in [0.4, 0.5) is 0 Å². The third-order valence-electron chi connectivity index (χ3n) is 5.52. The zero-order valence-electron chi connectivity index (χ0n) is 16.2. The number of thioether (sulfide) groups is 1. The van der Waals surface area contributed by atoms with Crippen molar-refractivity contribution in [2.75, 3.05) is 12.8 Å². The first-order valence-electron chi connectivity index (χ1n) is 9.70. The lowest BCUT2D eigenvalue weighted by atomic mass is 9.88. The zero-order chi connectivity index (χ0) is 20.1. The van der Waals surface area contributed by atoms with Crippen LogP contribution in [0.3, 0.4) is 0 Å². The Bertz CT molecular complexity index is 483. The molecule has 9 atom stereocenters. The third-order valence-corrected chi connectivity index (χ3v) is 6.65. The van der Waals surface area contributed by atoms with Crippen molar-refractivity contribution in [1.82, 2.24) is 10.6 Å². The number of hydrogen-bond donors (Lipinski definition) is 5. The van der Waals surface area contributed by atoms with Gasteiger partial charge in [-0.2, -0.15) is 0 Å². The Morgan fingerprint density at radius 3 is 2.63 bits per heavy atom. The van der Waals surface area contributed by atoms with E-state index in [1.54, 1.807) is 13.2 Å². The average molecular weight is 425 g/mol. The van der Waals surface area contributed by atoms with E-state index in [9.17, 15) is 20.1 Å². The molecular weight excluding hydrogens is 392 g/mol. The van der Waals surface area contributed by atoms with Crippen LogP contribution in [0.2, 0.25) is 0 Å². The number of carbonyl (C=O) groups excluding carboxylic acids is 1. The lowest BCUT2D eigenvalue weighted by Crippen LogP contribution is -2.65. The number of nitrogens with one attached hydrogen (secondary N) is 2. The quantitative estimate of drug-likeness (QED) is 0.377. The second kappa shape index (κ2) is 10.6. The van der Waals surface area contributed by atoms with Crippen molar-refractivity contribution in [3.8, 4) is 0 Å². The van der Waals surface area contributed by atoms with Gasteiger partial charge in [0.05, 0.1) is 17.5 Å². The molecule has 9 heteroatoms. The Morgan fingerprint density at radius 2 is 2.04 bits per heavy atom. The number of aliphatic hydroxyl groups is 3. The molecule has 7 unspecified atom stereocenters. The highest BCUT2D eigenvalue weighted by Gasteiger charge is 2.48. The molecule has 0 saturated carbocycles. The topological polar surface area (TPSA) is 111 Å². The molecule has 0 bridgehead atoms. The van der Waals surface area contributed by atoms with E-state index < -0.39 is 41.3 Å². The van der Waals surface area contributed by atoms with Crippen LogP contribution in [0.15, 0.2) is 0 Å². The Hall–Kier alpha value is -0.0900. The van der Waals surface area contributed by atoms with Crippen LogP contribution in [0.5, 0.6) is 0 Å². The summed E-state index contributed by atoms with van der Waals surface area (Å²) in [6.07, 6.45) is 0.953. The van der Waals surface area contributed by atoms with Gasteiger partial charge in [-0.25, -0.2) is 0 Å². The molecule has 2 aliphatic rings. The van der Waals surface area contributed by atoms with Crippen LogP contribution in [0.1, 0.15) is 39.5 Å². The van der Waals surface area contributed by atoms with Gasteiger partial charge in [-0.1, -0.05) is 19.8 Å². The smallest absolute Gasteiger partial charge is 0.237 e. The van der Waals surface area contributed by atoms with E-state index in [1.165, 1.54) is 11.8 Å². The second-order valence-corrected chi connectivity index (χ2v) is 9.20. The van der Waals surface area contributed by atoms with Crippen molar-refractivity contribution < 1.29 is 24.9 Å². The molecule has 27 heavy (non-hydrogen) atoms. The summed E-state index contributed by atoms with van der Waals surface area (Å²) in [6, 6.07) is -1.000. The van der Waals surface area contributed by atoms with Gasteiger partial charge < -0.3 is 30.7 Å². The van der Waals surface area contributed by atoms with Gasteiger partial charge in [0.2, 0.25) is 5.91 Å². The highest BCUT2D eigenvalue weighted by atomic mass is 35.5. The Kier molecular flexibility index (Phi) is 9.12. The molecule has 2 saturated heterocycles. The number of ether oxygens (including phenoxy) is 1. The average Bonchev–Trinajstić information content (AvgIpc) is 2.65. The zero-order valence-corrected chi connectivity index (χ0v) is 17.7. The first kappa shape index (κ1) is 23.2. The minimum absolute atomic E-state index is 0.176. The number of rotatable bonds is 7. The summed E-state index contributed by atoms with van der Waals surface area (Å²) in [5.41, 5.74) is -0.704. The van der Waals surface area contributed by atoms with Gasteiger partial charge in [0.1, 0.15) is 29.9 Å². The molecule has 0 spiro atoms. The van der Waals surface area contributed by atoms with Crippen molar-refractivity contribution in [2.24, 2.45) is 5.92 Å². The van der Waals surface area contributed by atoms with Crippen LogP contribution in [-0.4, -0.2) is 81.3 Å². The molecule has 0 aliphatic carbocycles. The van der Waals surface area contributed by atoms with E-state index in [1.807, 2.05) is 0 Å². The maximum absolute atomic E-state index is 12.8. The van der Waals surface area contributed by atoms with Gasteiger partial charge in [0.25, 0.3) is 0 Å². The molecule has 2 rings (SSSR count). The minimum atomic E-state index is -1.36. The summed E-state index contributed by atoms with van der Waals surface area (Å²) >= 11 is 7.54. The van der Waals surface area contributed by atoms with Gasteiger partial charge >= 0.3 is 0 Å². The van der Waals surface area contributed by atoms with Crippen LogP contribution >= 0.6 is 23.4 Å². The Labute approximate surface area is 170 Å². The standard InChI is InChI=1S/C18H33ClN2O5S/c1-4-5-10-6-7-20-11(8-10)17(25)21-12(9(2)19)16-14(23)13(22)15(24)18(26-16)27-3/h9-16,18,20,22-24H,4-8H2,1-3H3,(H,21,25)/t9?,10-,11+,12?,13?,14?,15?,16?,18?/m0/s1. The van der Waals surface area contributed by atoms with Gasteiger partial charge in [-0.15, -0.1) is 23.4 Å². The number of alkyl halides is 1. The molecule has 2 aliphatic heterocycles. The van der Waals surface area contributed by atoms with Crippen molar-refractivity contribution in [3.05, 3.63) is 0 Å². The summed E-state index contributed by atoms with van der Waals surface area (Å²) < 4.78 is 5.79. The van der Waals surface area contributed by atoms with Gasteiger partial charge in [0, 0.05) is 0 Å². The lowest BCUT2D eigenvalue weighted by Gasteiger charge is -2.44. The molecule has 2 heterocycles. The molecule has 0 radical (unpaired) electrons. The number of piperidine rings is 1. The SMILES string of the molecule is CCC[C@H]1CCN[C@@H](C(=O)NC(C(C)Cl)C2OC(SC)C(O)C(O)C2O)C1. The van der Waals surface area contributed by atoms with Crippen LogP contribution < -0.4 is 10.6 Å². The molecule has 0 aromatic heterocycles. The molecule has 2 fully saturated rings. The minimum Gasteiger partial charge on any atom is -0.388 e. The Morgan fingerprint density at radius 1 is 1.33 bits per heavy atom. The number of halogens is 1. The first-order valence-corrected chi connectivity index (χ1v) is 11.4. The number of amides is 1. The maximum atomic E-state index is 12.8. The molecule has 158 valence electrons. The Balaban J connectivity index is 2.07. The molecular formula is C18H33ClN2O5S. The predicted molar refractivity (Wildman–Crippen MR) is 107 cm³/mol. The van der Waals surface area contributed by atoms with Crippen LogP contribution in [0, 0.1) is 5.92 Å². The number of carbonyl (C=O) groups is 1. The predicted octanol–water partition coefficient (Wildman–Crippen LogP) is 0.437. The first-order chi connectivity index (χ1) is 12.8. The summed E-state index contributed by atoms with van der Waals surface area (Å²) in [4.78, 5) is 12.8. The fraction of sp³-hybridized carbons (Fsp3) is 0.944. The van der Waals surface area contributed by atoms with Crippen molar-refractivity contribution >= 4 is 29.3 Å². The highest BCUT2D eigenvalue weighted by Crippen LogP contribution is 2.30. The van der Waals surface area contributed by atoms with Crippen molar-refractivity contribution in [2.45, 2.75) is 86.8 Å². The molecule has 0 aromatic carbocycles. The maximum Gasteiger partial charge on any atom is 0.237 e. The molecule has 1 amide bonds. The van der Waals surface area contributed by atoms with E-state index >= 15 is 0 Å². The third kappa shape index (κ3) is 5.72. The fourth-order valence-corrected chi connectivity index (χ4v) is 4.84. The van der Waals surface area contributed by atoms with E-state index in [0.717, 1.165) is 32.2 Å². The van der Waals surface area contributed by atoms with Gasteiger partial charge in [0.15, 0.2) is 0 Å². The van der Waals surface area contributed by atoms with E-state index in [4.69, 9.17) is 16.3 Å². The molecule has 7 nitrogen and oxygen atoms in total. The largest absolute Gasteiger partial charge is 0.388 e. The number of hydrogen-bond acceptors (Lipinski definition) is 7.